The zero-order valence-electron chi connectivity index (χ0n) is 15.1. The van der Waals surface area contributed by atoms with Crippen LogP contribution in [-0.2, 0) is 4.79 Å². The Morgan fingerprint density at radius 3 is 2.33 bits per heavy atom. The molecule has 142 valence electrons. The van der Waals surface area contributed by atoms with E-state index in [9.17, 15) is 9.59 Å². The second-order valence-electron chi connectivity index (χ2n) is 6.36. The highest BCUT2D eigenvalue weighted by Gasteiger charge is 2.28. The lowest BCUT2D eigenvalue weighted by Gasteiger charge is -2.30. The smallest absolute Gasteiger partial charge is 0.321 e. The fraction of sp³-hybridized carbons (Fsp3) is 0.300. The first-order chi connectivity index (χ1) is 13.0. The van der Waals surface area contributed by atoms with E-state index in [4.69, 9.17) is 9.84 Å². The molecule has 0 aromatic heterocycles. The van der Waals surface area contributed by atoms with Crippen molar-refractivity contribution in [3.05, 3.63) is 48.5 Å². The molecule has 27 heavy (non-hydrogen) atoms. The average Bonchev–Trinajstić information content (AvgIpc) is 2.70. The van der Waals surface area contributed by atoms with Gasteiger partial charge in [-0.05, 0) is 61.4 Å². The highest BCUT2D eigenvalue weighted by atomic mass is 32.2. The van der Waals surface area contributed by atoms with Crippen molar-refractivity contribution in [3.63, 3.8) is 0 Å². The molecule has 7 heteroatoms. The molecule has 2 N–H and O–H groups in total. The molecular weight excluding hydrogens is 364 g/mol. The number of carbonyl (C=O) groups is 2. The van der Waals surface area contributed by atoms with E-state index in [0.717, 1.165) is 15.5 Å². The fourth-order valence-electron chi connectivity index (χ4n) is 2.95. The minimum absolute atomic E-state index is 0.253. The van der Waals surface area contributed by atoms with Crippen molar-refractivity contribution in [2.45, 2.75) is 22.6 Å². The van der Waals surface area contributed by atoms with Crippen molar-refractivity contribution < 1.29 is 19.4 Å². The van der Waals surface area contributed by atoms with Crippen molar-refractivity contribution >= 4 is 29.4 Å². The Labute approximate surface area is 162 Å². The summed E-state index contributed by atoms with van der Waals surface area (Å²) in [6, 6.07) is 15.2. The molecule has 3 rings (SSSR count). The summed E-state index contributed by atoms with van der Waals surface area (Å²) in [6.45, 7) is 0.841. The highest BCUT2D eigenvalue weighted by molar-refractivity contribution is 7.99. The summed E-state index contributed by atoms with van der Waals surface area (Å²) >= 11 is 1.62. The van der Waals surface area contributed by atoms with Crippen LogP contribution in [0.2, 0.25) is 0 Å². The van der Waals surface area contributed by atoms with Gasteiger partial charge in [-0.25, -0.2) is 4.79 Å². The minimum atomic E-state index is -0.840. The van der Waals surface area contributed by atoms with E-state index in [0.29, 0.717) is 25.1 Å². The number of ether oxygens (including phenoxy) is 1. The number of carbonyl (C=O) groups excluding carboxylic acids is 1. The number of methoxy groups -OCH3 is 1. The van der Waals surface area contributed by atoms with Crippen LogP contribution in [0.15, 0.2) is 58.3 Å². The Bertz CT molecular complexity index is 793. The zero-order chi connectivity index (χ0) is 19.2. The summed E-state index contributed by atoms with van der Waals surface area (Å²) in [4.78, 5) is 27.2. The van der Waals surface area contributed by atoms with E-state index < -0.39 is 11.9 Å². The number of aliphatic carboxylic acids is 1. The van der Waals surface area contributed by atoms with E-state index in [-0.39, 0.29) is 12.6 Å². The number of amides is 2. The van der Waals surface area contributed by atoms with Gasteiger partial charge >= 0.3 is 12.0 Å². The Balaban J connectivity index is 1.56. The molecule has 0 saturated carbocycles. The molecule has 1 unspecified atom stereocenters. The quantitative estimate of drug-likeness (QED) is 0.806. The maximum Gasteiger partial charge on any atom is 0.321 e. The molecular formula is C20H22N2O4S. The van der Waals surface area contributed by atoms with Crippen LogP contribution in [0.25, 0.3) is 0 Å². The Morgan fingerprint density at radius 2 is 1.74 bits per heavy atom. The van der Waals surface area contributed by atoms with Crippen LogP contribution >= 0.6 is 11.8 Å². The summed E-state index contributed by atoms with van der Waals surface area (Å²) in [6.07, 6.45) is 1.33. The average molecular weight is 386 g/mol. The number of rotatable bonds is 5. The molecule has 1 aliphatic heterocycles. The van der Waals surface area contributed by atoms with Crippen molar-refractivity contribution in [2.75, 3.05) is 25.5 Å². The molecule has 2 aromatic carbocycles. The standard InChI is InChI=1S/C20H22N2O4S/c1-26-16-6-10-18(11-7-16)27-17-8-4-15(5-9-17)21-20(25)22-12-2-3-14(13-22)19(23)24/h4-11,14H,2-3,12-13H2,1H3,(H,21,25)(H,23,24). The fourth-order valence-corrected chi connectivity index (χ4v) is 3.77. The van der Waals surface area contributed by atoms with Gasteiger partial charge < -0.3 is 20.1 Å². The summed E-state index contributed by atoms with van der Waals surface area (Å²) in [5.41, 5.74) is 0.691. The third kappa shape index (κ3) is 5.17. The van der Waals surface area contributed by atoms with Crippen molar-refractivity contribution in [2.24, 2.45) is 5.92 Å². The van der Waals surface area contributed by atoms with Gasteiger partial charge in [0.2, 0.25) is 0 Å². The predicted molar refractivity (Wildman–Crippen MR) is 105 cm³/mol. The molecule has 1 aliphatic rings. The first-order valence-corrected chi connectivity index (χ1v) is 9.57. The third-order valence-corrected chi connectivity index (χ3v) is 5.47. The molecule has 1 fully saturated rings. The number of likely N-dealkylation sites (tertiary alicyclic amines) is 1. The molecule has 0 radical (unpaired) electrons. The number of urea groups is 1. The first kappa shape index (κ1) is 19.1. The SMILES string of the molecule is COc1ccc(Sc2ccc(NC(=O)N3CCCC(C(=O)O)C3)cc2)cc1. The molecule has 1 heterocycles. The minimum Gasteiger partial charge on any atom is -0.497 e. The highest BCUT2D eigenvalue weighted by Crippen LogP contribution is 2.30. The number of anilines is 1. The van der Waals surface area contributed by atoms with Crippen molar-refractivity contribution in [1.29, 1.82) is 0 Å². The largest absolute Gasteiger partial charge is 0.497 e. The topological polar surface area (TPSA) is 78.9 Å². The number of hydrogen-bond acceptors (Lipinski definition) is 4. The van der Waals surface area contributed by atoms with Gasteiger partial charge in [-0.3, -0.25) is 4.79 Å². The molecule has 1 atom stereocenters. The maximum absolute atomic E-state index is 12.4. The summed E-state index contributed by atoms with van der Waals surface area (Å²) in [5, 5.41) is 12.0. The van der Waals surface area contributed by atoms with Gasteiger partial charge in [0.15, 0.2) is 0 Å². The van der Waals surface area contributed by atoms with Gasteiger partial charge in [0.05, 0.1) is 13.0 Å². The van der Waals surface area contributed by atoms with Gasteiger partial charge in [-0.2, -0.15) is 0 Å². The number of hydrogen-bond donors (Lipinski definition) is 2. The second kappa shape index (κ2) is 8.81. The lowest BCUT2D eigenvalue weighted by atomic mass is 9.99. The normalized spacial score (nSPS) is 16.6. The second-order valence-corrected chi connectivity index (χ2v) is 7.50. The number of benzene rings is 2. The molecule has 2 amide bonds. The Hall–Kier alpha value is -2.67. The summed E-state index contributed by atoms with van der Waals surface area (Å²) in [7, 11) is 1.64. The molecule has 2 aromatic rings. The number of piperidine rings is 1. The molecule has 1 saturated heterocycles. The predicted octanol–water partition coefficient (Wildman–Crippen LogP) is 4.17. The van der Waals surface area contributed by atoms with Gasteiger partial charge in [0, 0.05) is 28.6 Å². The number of carboxylic acids is 1. The molecule has 0 spiro atoms. The monoisotopic (exact) mass is 386 g/mol. The van der Waals surface area contributed by atoms with Crippen LogP contribution < -0.4 is 10.1 Å². The van der Waals surface area contributed by atoms with E-state index in [1.54, 1.807) is 23.8 Å². The molecule has 0 bridgehead atoms. The summed E-state index contributed by atoms with van der Waals surface area (Å²) in [5.74, 6) is -0.500. The zero-order valence-corrected chi connectivity index (χ0v) is 15.9. The Morgan fingerprint density at radius 1 is 1.11 bits per heavy atom. The maximum atomic E-state index is 12.4. The molecule has 0 aliphatic carbocycles. The van der Waals surface area contributed by atoms with Crippen LogP contribution in [0, 0.1) is 5.92 Å². The van der Waals surface area contributed by atoms with E-state index in [1.165, 1.54) is 0 Å². The van der Waals surface area contributed by atoms with Gasteiger partial charge in [-0.1, -0.05) is 11.8 Å². The van der Waals surface area contributed by atoms with Crippen LogP contribution in [0.4, 0.5) is 10.5 Å². The van der Waals surface area contributed by atoms with Gasteiger partial charge in [-0.15, -0.1) is 0 Å². The van der Waals surface area contributed by atoms with Gasteiger partial charge in [0.1, 0.15) is 5.75 Å². The van der Waals surface area contributed by atoms with Crippen LogP contribution in [0.3, 0.4) is 0 Å². The third-order valence-electron chi connectivity index (χ3n) is 4.46. The van der Waals surface area contributed by atoms with Crippen molar-refractivity contribution in [3.8, 4) is 5.75 Å². The van der Waals surface area contributed by atoms with E-state index in [1.807, 2.05) is 48.5 Å². The number of nitrogens with zero attached hydrogens (tertiary/aromatic N) is 1. The van der Waals surface area contributed by atoms with E-state index >= 15 is 0 Å². The van der Waals surface area contributed by atoms with Crippen molar-refractivity contribution in [1.82, 2.24) is 4.90 Å². The number of nitrogens with one attached hydrogen (secondary N) is 1. The van der Waals surface area contributed by atoms with Gasteiger partial charge in [0.25, 0.3) is 0 Å². The van der Waals surface area contributed by atoms with Crippen LogP contribution in [-0.4, -0.2) is 42.2 Å². The summed E-state index contributed by atoms with van der Waals surface area (Å²) < 4.78 is 5.16. The van der Waals surface area contributed by atoms with E-state index in [2.05, 4.69) is 5.32 Å². The first-order valence-electron chi connectivity index (χ1n) is 8.76. The number of carboxylic acid groups (broad SMARTS) is 1. The van der Waals surface area contributed by atoms with Crippen LogP contribution in [0.1, 0.15) is 12.8 Å². The lowest BCUT2D eigenvalue weighted by Crippen LogP contribution is -2.44. The molecule has 6 nitrogen and oxygen atoms in total. The Kier molecular flexibility index (Phi) is 6.24. The lowest BCUT2D eigenvalue weighted by molar-refractivity contribution is -0.143. The van der Waals surface area contributed by atoms with Crippen LogP contribution in [0.5, 0.6) is 5.75 Å².